The molecule has 3 heterocycles. The number of amides is 2. The number of aryl methyl sites for hydroxylation is 1. The molecule has 3 aliphatic rings. The number of esters is 1. The van der Waals surface area contributed by atoms with Crippen molar-refractivity contribution in [2.75, 3.05) is 24.7 Å². The SMILES string of the molecule is C=CCCCOC(=O)[C@@H]1[C@H]2C(=O)N([C@@H](CO)[C@@H](C)CC)C(C(=O)N(CC=C)c3c(C)cccc3Cl)C23CC[C@H]1S3. The first-order valence-electron chi connectivity index (χ1n) is 14.2. The lowest BCUT2D eigenvalue weighted by molar-refractivity contribution is -0.154. The number of hydrogen-bond donors (Lipinski definition) is 1. The molecule has 1 spiro atoms. The van der Waals surface area contributed by atoms with Crippen LogP contribution in [0.3, 0.4) is 0 Å². The van der Waals surface area contributed by atoms with Crippen LogP contribution >= 0.6 is 23.4 Å². The van der Waals surface area contributed by atoms with Gasteiger partial charge in [-0.3, -0.25) is 14.4 Å². The number of aliphatic hydroxyl groups excluding tert-OH is 1. The Hall–Kier alpha value is -2.29. The number of halogens is 1. The number of fused-ring (bicyclic) bond motifs is 1. The smallest absolute Gasteiger partial charge is 0.310 e. The summed E-state index contributed by atoms with van der Waals surface area (Å²) >= 11 is 8.23. The van der Waals surface area contributed by atoms with Crippen molar-refractivity contribution < 1.29 is 24.2 Å². The van der Waals surface area contributed by atoms with Crippen molar-refractivity contribution in [1.29, 1.82) is 0 Å². The number of carbonyl (C=O) groups is 3. The van der Waals surface area contributed by atoms with Crippen LogP contribution in [-0.2, 0) is 19.1 Å². The second-order valence-electron chi connectivity index (χ2n) is 11.2. The second-order valence-corrected chi connectivity index (χ2v) is 13.2. The molecule has 0 radical (unpaired) electrons. The first-order chi connectivity index (χ1) is 19.2. The van der Waals surface area contributed by atoms with E-state index in [0.717, 1.165) is 24.8 Å². The van der Waals surface area contributed by atoms with E-state index in [-0.39, 0.29) is 48.7 Å². The molecule has 218 valence electrons. The molecule has 2 bridgehead atoms. The maximum atomic E-state index is 14.8. The number of ether oxygens (including phenoxy) is 1. The zero-order valence-corrected chi connectivity index (χ0v) is 25.3. The number of benzene rings is 1. The van der Waals surface area contributed by atoms with Crippen LogP contribution in [0.4, 0.5) is 5.69 Å². The average Bonchev–Trinajstić information content (AvgIpc) is 3.58. The molecule has 0 aromatic heterocycles. The first kappa shape index (κ1) is 30.7. The van der Waals surface area contributed by atoms with Gasteiger partial charge in [-0.25, -0.2) is 0 Å². The quantitative estimate of drug-likeness (QED) is 0.194. The lowest BCUT2D eigenvalue weighted by Gasteiger charge is -2.41. The minimum Gasteiger partial charge on any atom is -0.465 e. The highest BCUT2D eigenvalue weighted by Crippen LogP contribution is 2.67. The summed E-state index contributed by atoms with van der Waals surface area (Å²) in [4.78, 5) is 45.9. The van der Waals surface area contributed by atoms with Crippen molar-refractivity contribution in [1.82, 2.24) is 4.90 Å². The van der Waals surface area contributed by atoms with E-state index in [0.29, 0.717) is 23.6 Å². The number of nitrogens with zero attached hydrogens (tertiary/aromatic N) is 2. The van der Waals surface area contributed by atoms with Crippen molar-refractivity contribution in [3.8, 4) is 0 Å². The van der Waals surface area contributed by atoms with Crippen molar-refractivity contribution in [2.45, 2.75) is 75.0 Å². The van der Waals surface area contributed by atoms with E-state index >= 15 is 0 Å². The van der Waals surface area contributed by atoms with Gasteiger partial charge in [0.2, 0.25) is 5.91 Å². The Bertz CT molecular complexity index is 1140. The van der Waals surface area contributed by atoms with Crippen LogP contribution in [-0.4, -0.2) is 69.6 Å². The molecule has 3 aliphatic heterocycles. The van der Waals surface area contributed by atoms with Crippen LogP contribution in [0.1, 0.15) is 51.5 Å². The highest BCUT2D eigenvalue weighted by molar-refractivity contribution is 8.02. The van der Waals surface area contributed by atoms with E-state index in [1.54, 1.807) is 39.8 Å². The van der Waals surface area contributed by atoms with Gasteiger partial charge >= 0.3 is 5.97 Å². The van der Waals surface area contributed by atoms with Gasteiger partial charge in [0.05, 0.1) is 46.5 Å². The van der Waals surface area contributed by atoms with Crippen LogP contribution in [0.15, 0.2) is 43.5 Å². The molecule has 40 heavy (non-hydrogen) atoms. The summed E-state index contributed by atoms with van der Waals surface area (Å²) in [7, 11) is 0. The van der Waals surface area contributed by atoms with E-state index in [1.165, 1.54) is 0 Å². The number of hydrogen-bond acceptors (Lipinski definition) is 6. The van der Waals surface area contributed by atoms with Gasteiger partial charge in [-0.2, -0.15) is 0 Å². The molecule has 3 saturated heterocycles. The fraction of sp³-hybridized carbons (Fsp3) is 0.581. The van der Waals surface area contributed by atoms with E-state index in [9.17, 15) is 19.5 Å². The van der Waals surface area contributed by atoms with Crippen molar-refractivity contribution >= 4 is 46.8 Å². The molecular weight excluding hydrogens is 548 g/mol. The highest BCUT2D eigenvalue weighted by atomic mass is 35.5. The second kappa shape index (κ2) is 12.7. The van der Waals surface area contributed by atoms with Crippen molar-refractivity contribution in [3.05, 3.63) is 54.1 Å². The Morgan fingerprint density at radius 1 is 1.35 bits per heavy atom. The molecule has 1 N–H and O–H groups in total. The average molecular weight is 589 g/mol. The normalized spacial score (nSPS) is 28.2. The first-order valence-corrected chi connectivity index (χ1v) is 15.5. The summed E-state index contributed by atoms with van der Waals surface area (Å²) in [5.74, 6) is -2.24. The maximum Gasteiger partial charge on any atom is 0.310 e. The summed E-state index contributed by atoms with van der Waals surface area (Å²) in [5, 5.41) is 10.9. The standard InChI is InChI=1S/C31H41ClN2O5S/c1-6-9-10-17-39-30(38)24-23-14-15-31(40-23)25(24)28(36)34(22(18-35)19(4)8-3)27(31)29(37)33(16-7-2)26-20(5)12-11-13-21(26)32/h6-7,11-13,19,22-25,27,35H,1-2,8-10,14-18H2,3-5H3/t19-,22-,23+,24-,25-,27?,31?/m0/s1. The van der Waals surface area contributed by atoms with Crippen LogP contribution in [0.5, 0.6) is 0 Å². The Morgan fingerprint density at radius 3 is 2.73 bits per heavy atom. The number of carbonyl (C=O) groups excluding carboxylic acids is 3. The highest BCUT2D eigenvalue weighted by Gasteiger charge is 2.75. The fourth-order valence-corrected chi connectivity index (χ4v) is 9.35. The van der Waals surface area contributed by atoms with Gasteiger partial charge in [0.15, 0.2) is 0 Å². The minimum atomic E-state index is -0.861. The van der Waals surface area contributed by atoms with Crippen LogP contribution in [0, 0.1) is 24.7 Å². The topological polar surface area (TPSA) is 87.1 Å². The molecule has 0 saturated carbocycles. The Labute approximate surface area is 246 Å². The molecule has 1 aromatic rings. The number of rotatable bonds is 13. The zero-order chi connectivity index (χ0) is 29.2. The monoisotopic (exact) mass is 588 g/mol. The molecule has 2 unspecified atom stereocenters. The molecule has 1 aromatic carbocycles. The summed E-state index contributed by atoms with van der Waals surface area (Å²) in [5.41, 5.74) is 1.42. The largest absolute Gasteiger partial charge is 0.465 e. The van der Waals surface area contributed by atoms with Crippen molar-refractivity contribution in [2.24, 2.45) is 17.8 Å². The van der Waals surface area contributed by atoms with Crippen LogP contribution < -0.4 is 4.90 Å². The zero-order valence-electron chi connectivity index (χ0n) is 23.7. The molecular formula is C31H41ClN2O5S. The number of unbranched alkanes of at least 4 members (excludes halogenated alkanes) is 1. The number of para-hydroxylation sites is 1. The van der Waals surface area contributed by atoms with E-state index in [2.05, 4.69) is 13.2 Å². The number of anilines is 1. The predicted molar refractivity (Wildman–Crippen MR) is 160 cm³/mol. The van der Waals surface area contributed by atoms with Gasteiger partial charge in [-0.05, 0) is 50.2 Å². The molecule has 9 heteroatoms. The molecule has 4 rings (SSSR count). The van der Waals surface area contributed by atoms with E-state index in [4.69, 9.17) is 16.3 Å². The summed E-state index contributed by atoms with van der Waals surface area (Å²) in [6.07, 6.45) is 6.91. The number of aliphatic hydroxyl groups is 1. The number of thioether (sulfide) groups is 1. The van der Waals surface area contributed by atoms with Gasteiger partial charge in [-0.15, -0.1) is 24.9 Å². The Balaban J connectivity index is 1.80. The van der Waals surface area contributed by atoms with Crippen LogP contribution in [0.25, 0.3) is 0 Å². The van der Waals surface area contributed by atoms with Gasteiger partial charge in [0.1, 0.15) is 6.04 Å². The summed E-state index contributed by atoms with van der Waals surface area (Å²) < 4.78 is 4.87. The third-order valence-electron chi connectivity index (χ3n) is 8.92. The molecule has 7 nitrogen and oxygen atoms in total. The maximum absolute atomic E-state index is 14.8. The van der Waals surface area contributed by atoms with Crippen molar-refractivity contribution in [3.63, 3.8) is 0 Å². The van der Waals surface area contributed by atoms with Crippen LogP contribution in [0.2, 0.25) is 5.02 Å². The lowest BCUT2D eigenvalue weighted by Crippen LogP contribution is -2.59. The number of likely N-dealkylation sites (tertiary alicyclic amines) is 1. The van der Waals surface area contributed by atoms with Gasteiger partial charge in [0.25, 0.3) is 5.91 Å². The Kier molecular flexibility index (Phi) is 9.74. The molecule has 2 amide bonds. The molecule has 3 fully saturated rings. The summed E-state index contributed by atoms with van der Waals surface area (Å²) in [6, 6.07) is 4.05. The van der Waals surface area contributed by atoms with E-state index < -0.39 is 28.7 Å². The van der Waals surface area contributed by atoms with Gasteiger partial charge in [0, 0.05) is 11.8 Å². The molecule has 7 atom stereocenters. The Morgan fingerprint density at radius 2 is 2.10 bits per heavy atom. The lowest BCUT2D eigenvalue weighted by atomic mass is 9.71. The minimum absolute atomic E-state index is 0.0547. The third kappa shape index (κ3) is 5.12. The number of allylic oxidation sites excluding steroid dienone is 1. The predicted octanol–water partition coefficient (Wildman–Crippen LogP) is 5.18. The van der Waals surface area contributed by atoms with Gasteiger partial charge < -0.3 is 19.6 Å². The van der Waals surface area contributed by atoms with Gasteiger partial charge in [-0.1, -0.05) is 56.2 Å². The third-order valence-corrected chi connectivity index (χ3v) is 11.2. The molecule has 0 aliphatic carbocycles. The fourth-order valence-electron chi connectivity index (χ4n) is 6.84. The van der Waals surface area contributed by atoms with E-state index in [1.807, 2.05) is 32.9 Å². The summed E-state index contributed by atoms with van der Waals surface area (Å²) in [6.45, 7) is 13.7.